The largest absolute Gasteiger partial charge is 0.464 e. The van der Waals surface area contributed by atoms with Crippen molar-refractivity contribution in [2.75, 3.05) is 13.2 Å². The first kappa shape index (κ1) is 13.1. The minimum atomic E-state index is -1.40. The molecule has 0 aliphatic carbocycles. The van der Waals surface area contributed by atoms with Crippen LogP contribution in [0, 0.1) is 0 Å². The van der Waals surface area contributed by atoms with Crippen molar-refractivity contribution >= 4 is 5.97 Å². The van der Waals surface area contributed by atoms with Gasteiger partial charge in [0.1, 0.15) is 0 Å². The highest BCUT2D eigenvalue weighted by Gasteiger charge is 2.14. The lowest BCUT2D eigenvalue weighted by molar-refractivity contribution is -0.155. The average Bonchev–Trinajstić information content (AvgIpc) is 2.21. The van der Waals surface area contributed by atoms with E-state index in [-0.39, 0.29) is 0 Å². The lowest BCUT2D eigenvalue weighted by Crippen LogP contribution is -2.26. The maximum atomic E-state index is 10.8. The van der Waals surface area contributed by atoms with Crippen LogP contribution in [0.2, 0.25) is 0 Å². The fourth-order valence-corrected chi connectivity index (χ4v) is 0.911. The van der Waals surface area contributed by atoms with Gasteiger partial charge in [-0.2, -0.15) is 0 Å². The SMILES string of the molecule is C=CCCCCCOC(=O)C(O)CO. The fourth-order valence-electron chi connectivity index (χ4n) is 0.911. The molecule has 0 bridgehead atoms. The number of carbonyl (C=O) groups excluding carboxylic acids is 1. The van der Waals surface area contributed by atoms with Gasteiger partial charge in [0.2, 0.25) is 0 Å². The summed E-state index contributed by atoms with van der Waals surface area (Å²) in [5, 5.41) is 17.2. The Morgan fingerprint density at radius 3 is 2.71 bits per heavy atom. The molecule has 0 fully saturated rings. The first-order valence-electron chi connectivity index (χ1n) is 4.78. The molecule has 0 aliphatic heterocycles. The van der Waals surface area contributed by atoms with E-state index in [9.17, 15) is 4.79 Å². The van der Waals surface area contributed by atoms with E-state index in [1.807, 2.05) is 6.08 Å². The predicted molar refractivity (Wildman–Crippen MR) is 52.7 cm³/mol. The molecule has 0 aliphatic rings. The van der Waals surface area contributed by atoms with E-state index in [4.69, 9.17) is 14.9 Å². The van der Waals surface area contributed by atoms with E-state index in [1.165, 1.54) is 0 Å². The minimum absolute atomic E-state index is 0.299. The smallest absolute Gasteiger partial charge is 0.337 e. The molecule has 0 spiro atoms. The first-order chi connectivity index (χ1) is 6.72. The number of rotatable bonds is 8. The quantitative estimate of drug-likeness (QED) is 0.344. The zero-order chi connectivity index (χ0) is 10.8. The highest BCUT2D eigenvalue weighted by Crippen LogP contribution is 2.00. The van der Waals surface area contributed by atoms with E-state index < -0.39 is 18.7 Å². The molecule has 82 valence electrons. The Balaban J connectivity index is 3.27. The fraction of sp³-hybridized carbons (Fsp3) is 0.700. The Morgan fingerprint density at radius 2 is 2.14 bits per heavy atom. The zero-order valence-corrected chi connectivity index (χ0v) is 8.32. The second kappa shape index (κ2) is 8.72. The van der Waals surface area contributed by atoms with Crippen LogP contribution in [0.15, 0.2) is 12.7 Å². The third kappa shape index (κ3) is 6.62. The highest BCUT2D eigenvalue weighted by atomic mass is 16.5. The summed E-state index contributed by atoms with van der Waals surface area (Å²) >= 11 is 0. The molecule has 0 heterocycles. The number of esters is 1. The number of ether oxygens (including phenoxy) is 1. The van der Waals surface area contributed by atoms with Gasteiger partial charge in [0.25, 0.3) is 0 Å². The van der Waals surface area contributed by atoms with E-state index in [0.717, 1.165) is 25.7 Å². The van der Waals surface area contributed by atoms with Crippen LogP contribution in [0.4, 0.5) is 0 Å². The Bertz CT molecular complexity index is 168. The van der Waals surface area contributed by atoms with Gasteiger partial charge in [-0.1, -0.05) is 6.08 Å². The summed E-state index contributed by atoms with van der Waals surface area (Å²) in [5.41, 5.74) is 0. The molecule has 1 unspecified atom stereocenters. The molecule has 4 heteroatoms. The molecule has 0 amide bonds. The molecular weight excluding hydrogens is 184 g/mol. The molecule has 0 saturated carbocycles. The van der Waals surface area contributed by atoms with Crippen molar-refractivity contribution in [2.24, 2.45) is 0 Å². The standard InChI is InChI=1S/C10H18O4/c1-2-3-4-5-6-7-14-10(13)9(12)8-11/h2,9,11-12H,1,3-8H2. The molecule has 14 heavy (non-hydrogen) atoms. The van der Waals surface area contributed by atoms with Crippen molar-refractivity contribution < 1.29 is 19.7 Å². The zero-order valence-electron chi connectivity index (χ0n) is 8.32. The molecule has 4 nitrogen and oxygen atoms in total. The van der Waals surface area contributed by atoms with Gasteiger partial charge in [-0.05, 0) is 25.7 Å². The van der Waals surface area contributed by atoms with Gasteiger partial charge >= 0.3 is 5.97 Å². The van der Waals surface area contributed by atoms with Crippen molar-refractivity contribution in [1.82, 2.24) is 0 Å². The Labute approximate surface area is 84.2 Å². The number of carbonyl (C=O) groups is 1. The monoisotopic (exact) mass is 202 g/mol. The molecule has 1 atom stereocenters. The molecule has 0 aromatic rings. The number of aliphatic hydroxyl groups excluding tert-OH is 2. The first-order valence-corrected chi connectivity index (χ1v) is 4.78. The van der Waals surface area contributed by atoms with Crippen molar-refractivity contribution in [2.45, 2.75) is 31.8 Å². The van der Waals surface area contributed by atoms with Crippen LogP contribution in [-0.4, -0.2) is 35.5 Å². The number of hydrogen-bond acceptors (Lipinski definition) is 4. The minimum Gasteiger partial charge on any atom is -0.464 e. The normalized spacial score (nSPS) is 12.1. The van der Waals surface area contributed by atoms with Crippen molar-refractivity contribution in [1.29, 1.82) is 0 Å². The number of hydrogen-bond donors (Lipinski definition) is 2. The maximum Gasteiger partial charge on any atom is 0.337 e. The van der Waals surface area contributed by atoms with Gasteiger partial charge in [-0.25, -0.2) is 4.79 Å². The Kier molecular flexibility index (Phi) is 8.17. The van der Waals surface area contributed by atoms with Crippen LogP contribution < -0.4 is 0 Å². The van der Waals surface area contributed by atoms with E-state index in [2.05, 4.69) is 6.58 Å². The van der Waals surface area contributed by atoms with Crippen molar-refractivity contribution in [3.8, 4) is 0 Å². The number of allylic oxidation sites excluding steroid dienone is 1. The highest BCUT2D eigenvalue weighted by molar-refractivity contribution is 5.74. The molecule has 0 radical (unpaired) electrons. The topological polar surface area (TPSA) is 66.8 Å². The van der Waals surface area contributed by atoms with E-state index >= 15 is 0 Å². The maximum absolute atomic E-state index is 10.8. The summed E-state index contributed by atoms with van der Waals surface area (Å²) in [4.78, 5) is 10.8. The average molecular weight is 202 g/mol. The van der Waals surface area contributed by atoms with Gasteiger partial charge in [-0.3, -0.25) is 0 Å². The molecule has 0 aromatic carbocycles. The number of aliphatic hydroxyl groups is 2. The predicted octanol–water partition coefficient (Wildman–Crippen LogP) is 0.629. The van der Waals surface area contributed by atoms with Crippen LogP contribution in [0.1, 0.15) is 25.7 Å². The third-order valence-corrected chi connectivity index (χ3v) is 1.74. The van der Waals surface area contributed by atoms with E-state index in [0.29, 0.717) is 6.61 Å². The van der Waals surface area contributed by atoms with Gasteiger partial charge in [0.15, 0.2) is 6.10 Å². The Hall–Kier alpha value is -0.870. The number of unbranched alkanes of at least 4 members (excludes halogenated alkanes) is 3. The third-order valence-electron chi connectivity index (χ3n) is 1.74. The van der Waals surface area contributed by atoms with Crippen molar-refractivity contribution in [3.05, 3.63) is 12.7 Å². The van der Waals surface area contributed by atoms with Crippen molar-refractivity contribution in [3.63, 3.8) is 0 Å². The second-order valence-electron chi connectivity index (χ2n) is 3.00. The molecule has 2 N–H and O–H groups in total. The summed E-state index contributed by atoms with van der Waals surface area (Å²) in [5.74, 6) is -0.753. The van der Waals surface area contributed by atoms with Crippen LogP contribution in [0.25, 0.3) is 0 Å². The molecular formula is C10H18O4. The summed E-state index contributed by atoms with van der Waals surface area (Å²) in [7, 11) is 0. The molecule has 0 saturated heterocycles. The Morgan fingerprint density at radius 1 is 1.43 bits per heavy atom. The van der Waals surface area contributed by atoms with Crippen LogP contribution in [0.5, 0.6) is 0 Å². The van der Waals surface area contributed by atoms with E-state index in [1.54, 1.807) is 0 Å². The lowest BCUT2D eigenvalue weighted by Gasteiger charge is -2.07. The van der Waals surface area contributed by atoms with Crippen LogP contribution in [0.3, 0.4) is 0 Å². The second-order valence-corrected chi connectivity index (χ2v) is 3.00. The van der Waals surface area contributed by atoms with Gasteiger partial charge in [0.05, 0.1) is 13.2 Å². The van der Waals surface area contributed by atoms with Gasteiger partial charge in [-0.15, -0.1) is 6.58 Å². The molecule has 0 rings (SSSR count). The summed E-state index contributed by atoms with van der Waals surface area (Å²) in [6, 6.07) is 0. The summed E-state index contributed by atoms with van der Waals surface area (Å²) < 4.78 is 4.70. The lowest BCUT2D eigenvalue weighted by atomic mass is 10.2. The van der Waals surface area contributed by atoms with Gasteiger partial charge in [0, 0.05) is 0 Å². The van der Waals surface area contributed by atoms with Crippen LogP contribution in [-0.2, 0) is 9.53 Å². The molecule has 0 aromatic heterocycles. The summed E-state index contributed by atoms with van der Waals surface area (Å²) in [6.45, 7) is 3.31. The van der Waals surface area contributed by atoms with Crippen LogP contribution >= 0.6 is 0 Å². The summed E-state index contributed by atoms with van der Waals surface area (Å²) in [6.07, 6.45) is 4.19. The van der Waals surface area contributed by atoms with Gasteiger partial charge < -0.3 is 14.9 Å².